The molecule has 0 aromatic heterocycles. The molecule has 0 saturated heterocycles. The van der Waals surface area contributed by atoms with Gasteiger partial charge in [0, 0.05) is 11.6 Å². The van der Waals surface area contributed by atoms with E-state index in [2.05, 4.69) is 0 Å². The standard InChI is InChI=1S/C21H14F2O4S/c22-16-10-9-15(19(23)13-16)8-5-14-6-11-17(12-7-14)28(26,27)20-4-2-1-3-18(20)21(24)25/h1-13H,(H,24,25)/b8-5+. The van der Waals surface area contributed by atoms with Gasteiger partial charge in [-0.1, -0.05) is 36.4 Å². The Balaban J connectivity index is 1.90. The zero-order valence-electron chi connectivity index (χ0n) is 14.3. The Kier molecular flexibility index (Phi) is 5.37. The molecule has 0 aliphatic heterocycles. The minimum Gasteiger partial charge on any atom is -0.478 e. The van der Waals surface area contributed by atoms with Gasteiger partial charge in [0.15, 0.2) is 0 Å². The summed E-state index contributed by atoms with van der Waals surface area (Å²) in [6.45, 7) is 0. The molecule has 0 heterocycles. The number of hydrogen-bond donors (Lipinski definition) is 1. The van der Waals surface area contributed by atoms with Gasteiger partial charge in [-0.3, -0.25) is 0 Å². The predicted molar refractivity (Wildman–Crippen MR) is 101 cm³/mol. The molecule has 4 nitrogen and oxygen atoms in total. The Morgan fingerprint density at radius 1 is 0.893 bits per heavy atom. The predicted octanol–water partition coefficient (Wildman–Crippen LogP) is 4.67. The third kappa shape index (κ3) is 3.99. The fourth-order valence-corrected chi connectivity index (χ4v) is 4.04. The van der Waals surface area contributed by atoms with Crippen LogP contribution in [0, 0.1) is 11.6 Å². The summed E-state index contributed by atoms with van der Waals surface area (Å²) in [5.74, 6) is -2.72. The van der Waals surface area contributed by atoms with E-state index in [-0.39, 0.29) is 20.9 Å². The van der Waals surface area contributed by atoms with Crippen molar-refractivity contribution in [3.05, 3.63) is 95.1 Å². The minimum absolute atomic E-state index is 0.0636. The van der Waals surface area contributed by atoms with Crippen LogP contribution in [0.1, 0.15) is 21.5 Å². The van der Waals surface area contributed by atoms with Crippen molar-refractivity contribution in [3.63, 3.8) is 0 Å². The monoisotopic (exact) mass is 400 g/mol. The van der Waals surface area contributed by atoms with Crippen molar-refractivity contribution in [2.24, 2.45) is 0 Å². The molecule has 0 fully saturated rings. The summed E-state index contributed by atoms with van der Waals surface area (Å²) >= 11 is 0. The molecular weight excluding hydrogens is 386 g/mol. The molecule has 0 radical (unpaired) electrons. The van der Waals surface area contributed by atoms with Crippen molar-refractivity contribution in [1.82, 2.24) is 0 Å². The number of hydrogen-bond acceptors (Lipinski definition) is 3. The third-order valence-electron chi connectivity index (χ3n) is 4.02. The van der Waals surface area contributed by atoms with Crippen LogP contribution in [-0.2, 0) is 9.84 Å². The number of halogens is 2. The van der Waals surface area contributed by atoms with Crippen molar-refractivity contribution in [2.75, 3.05) is 0 Å². The van der Waals surface area contributed by atoms with Gasteiger partial charge in [0.25, 0.3) is 0 Å². The second kappa shape index (κ2) is 7.74. The van der Waals surface area contributed by atoms with E-state index in [1.807, 2.05) is 0 Å². The van der Waals surface area contributed by atoms with E-state index in [0.717, 1.165) is 12.1 Å². The Morgan fingerprint density at radius 3 is 2.21 bits per heavy atom. The minimum atomic E-state index is -4.02. The van der Waals surface area contributed by atoms with E-state index >= 15 is 0 Å². The molecule has 0 aliphatic rings. The molecule has 7 heteroatoms. The average Bonchev–Trinajstić information content (AvgIpc) is 2.67. The Hall–Kier alpha value is -3.32. The van der Waals surface area contributed by atoms with E-state index in [0.29, 0.717) is 5.56 Å². The van der Waals surface area contributed by atoms with Crippen LogP contribution in [0.15, 0.2) is 76.5 Å². The number of carbonyl (C=O) groups is 1. The van der Waals surface area contributed by atoms with E-state index in [9.17, 15) is 27.1 Å². The lowest BCUT2D eigenvalue weighted by molar-refractivity contribution is 0.0692. The Morgan fingerprint density at radius 2 is 1.57 bits per heavy atom. The smallest absolute Gasteiger partial charge is 0.337 e. The number of rotatable bonds is 5. The number of benzene rings is 3. The van der Waals surface area contributed by atoms with E-state index in [1.54, 1.807) is 6.08 Å². The van der Waals surface area contributed by atoms with Gasteiger partial charge in [0.1, 0.15) is 11.6 Å². The fraction of sp³-hybridized carbons (Fsp3) is 0. The van der Waals surface area contributed by atoms with E-state index in [4.69, 9.17) is 0 Å². The van der Waals surface area contributed by atoms with Crippen LogP contribution in [0.5, 0.6) is 0 Å². The molecule has 0 bridgehead atoms. The molecule has 0 amide bonds. The lowest BCUT2D eigenvalue weighted by Gasteiger charge is -2.08. The fourth-order valence-electron chi connectivity index (χ4n) is 2.59. The van der Waals surface area contributed by atoms with Crippen molar-refractivity contribution < 1.29 is 27.1 Å². The average molecular weight is 400 g/mol. The number of carboxylic acids is 1. The van der Waals surface area contributed by atoms with Crippen molar-refractivity contribution in [3.8, 4) is 0 Å². The van der Waals surface area contributed by atoms with Gasteiger partial charge in [0.2, 0.25) is 9.84 Å². The first-order valence-electron chi connectivity index (χ1n) is 8.09. The van der Waals surface area contributed by atoms with Crippen LogP contribution < -0.4 is 0 Å². The maximum atomic E-state index is 13.6. The second-order valence-electron chi connectivity index (χ2n) is 5.87. The van der Waals surface area contributed by atoms with Crippen LogP contribution in [0.25, 0.3) is 12.2 Å². The highest BCUT2D eigenvalue weighted by molar-refractivity contribution is 7.91. The molecule has 28 heavy (non-hydrogen) atoms. The maximum absolute atomic E-state index is 13.6. The van der Waals surface area contributed by atoms with Crippen LogP contribution in [0.4, 0.5) is 8.78 Å². The van der Waals surface area contributed by atoms with Crippen molar-refractivity contribution in [1.29, 1.82) is 0 Å². The Labute approximate surface area is 160 Å². The van der Waals surface area contributed by atoms with Gasteiger partial charge in [0.05, 0.1) is 15.4 Å². The highest BCUT2D eigenvalue weighted by Crippen LogP contribution is 2.25. The molecule has 3 aromatic carbocycles. The molecular formula is C21H14F2O4S. The van der Waals surface area contributed by atoms with Crippen molar-refractivity contribution in [2.45, 2.75) is 9.79 Å². The van der Waals surface area contributed by atoms with Gasteiger partial charge < -0.3 is 5.11 Å². The molecule has 0 unspecified atom stereocenters. The molecule has 3 aromatic rings. The second-order valence-corrected chi connectivity index (χ2v) is 7.79. The number of sulfone groups is 1. The van der Waals surface area contributed by atoms with Gasteiger partial charge >= 0.3 is 5.97 Å². The summed E-state index contributed by atoms with van der Waals surface area (Å²) < 4.78 is 52.1. The highest BCUT2D eigenvalue weighted by Gasteiger charge is 2.23. The van der Waals surface area contributed by atoms with Crippen LogP contribution in [0.3, 0.4) is 0 Å². The largest absolute Gasteiger partial charge is 0.478 e. The lowest BCUT2D eigenvalue weighted by Crippen LogP contribution is -2.09. The van der Waals surface area contributed by atoms with Crippen LogP contribution >= 0.6 is 0 Å². The first-order valence-corrected chi connectivity index (χ1v) is 9.58. The molecule has 142 valence electrons. The number of aromatic carboxylic acids is 1. The summed E-state index contributed by atoms with van der Waals surface area (Å²) in [6.07, 6.45) is 3.00. The van der Waals surface area contributed by atoms with Gasteiger partial charge in [-0.15, -0.1) is 0 Å². The molecule has 0 atom stereocenters. The van der Waals surface area contributed by atoms with E-state index in [1.165, 1.54) is 60.7 Å². The zero-order valence-corrected chi connectivity index (χ0v) is 15.2. The van der Waals surface area contributed by atoms with Crippen LogP contribution in [-0.4, -0.2) is 19.5 Å². The SMILES string of the molecule is O=C(O)c1ccccc1S(=O)(=O)c1ccc(/C=C/c2ccc(F)cc2F)cc1. The van der Waals surface area contributed by atoms with E-state index < -0.39 is 27.4 Å². The highest BCUT2D eigenvalue weighted by atomic mass is 32.2. The Bertz CT molecular complexity index is 1170. The number of carboxylic acid groups (broad SMARTS) is 1. The maximum Gasteiger partial charge on any atom is 0.337 e. The normalized spacial score (nSPS) is 11.6. The van der Waals surface area contributed by atoms with Crippen molar-refractivity contribution >= 4 is 28.0 Å². The van der Waals surface area contributed by atoms with Gasteiger partial charge in [-0.25, -0.2) is 22.0 Å². The summed E-state index contributed by atoms with van der Waals surface area (Å²) in [5, 5.41) is 9.21. The summed E-state index contributed by atoms with van der Waals surface area (Å²) in [4.78, 5) is 10.9. The summed E-state index contributed by atoms with van der Waals surface area (Å²) in [6, 6.07) is 14.3. The summed E-state index contributed by atoms with van der Waals surface area (Å²) in [5.41, 5.74) is 0.473. The molecule has 0 spiro atoms. The van der Waals surface area contributed by atoms with Gasteiger partial charge in [-0.2, -0.15) is 0 Å². The zero-order chi connectivity index (χ0) is 20.3. The lowest BCUT2D eigenvalue weighted by atomic mass is 10.1. The molecule has 1 N–H and O–H groups in total. The quantitative estimate of drug-likeness (QED) is 0.632. The third-order valence-corrected chi connectivity index (χ3v) is 5.84. The molecule has 3 rings (SSSR count). The summed E-state index contributed by atoms with van der Waals surface area (Å²) in [7, 11) is -4.02. The first-order chi connectivity index (χ1) is 13.3. The first kappa shape index (κ1) is 19.4. The van der Waals surface area contributed by atoms with Crippen LogP contribution in [0.2, 0.25) is 0 Å². The van der Waals surface area contributed by atoms with Gasteiger partial charge in [-0.05, 0) is 42.0 Å². The molecule has 0 aliphatic carbocycles. The molecule has 0 saturated carbocycles. The topological polar surface area (TPSA) is 71.4 Å².